The molecule has 19 heavy (non-hydrogen) atoms. The van der Waals surface area contributed by atoms with Crippen LogP contribution < -0.4 is 5.32 Å². The van der Waals surface area contributed by atoms with Crippen LogP contribution in [0.2, 0.25) is 0 Å². The Morgan fingerprint density at radius 2 is 2.26 bits per heavy atom. The number of carbonyl (C=O) groups is 1. The lowest BCUT2D eigenvalue weighted by molar-refractivity contribution is 0.0930. The van der Waals surface area contributed by atoms with E-state index in [4.69, 9.17) is 0 Å². The van der Waals surface area contributed by atoms with Gasteiger partial charge in [-0.15, -0.1) is 5.10 Å². The first-order chi connectivity index (χ1) is 9.11. The second-order valence-electron chi connectivity index (χ2n) is 3.89. The summed E-state index contributed by atoms with van der Waals surface area (Å²) >= 11 is 1.05. The highest BCUT2D eigenvalue weighted by Crippen LogP contribution is 2.21. The lowest BCUT2D eigenvalue weighted by Crippen LogP contribution is -2.29. The van der Waals surface area contributed by atoms with E-state index in [0.717, 1.165) is 29.7 Å². The average molecular weight is 283 g/mol. The molecule has 0 radical (unpaired) electrons. The standard InChI is InChI=1S/C12H11F2N3OS/c1-2-10(8-5-7(13)3-4-9(8)14)15-12(18)11-6-19-17-16-11/h3-6,10H,2H2,1H3,(H,15,18). The van der Waals surface area contributed by atoms with Crippen LogP contribution >= 0.6 is 11.5 Å². The van der Waals surface area contributed by atoms with Crippen molar-refractivity contribution < 1.29 is 13.6 Å². The molecular weight excluding hydrogens is 272 g/mol. The summed E-state index contributed by atoms with van der Waals surface area (Å²) in [7, 11) is 0. The smallest absolute Gasteiger partial charge is 0.273 e. The van der Waals surface area contributed by atoms with Crippen LogP contribution in [0, 0.1) is 11.6 Å². The topological polar surface area (TPSA) is 54.9 Å². The fourth-order valence-electron chi connectivity index (χ4n) is 1.68. The SMILES string of the molecule is CCC(NC(=O)c1csnn1)c1cc(F)ccc1F. The van der Waals surface area contributed by atoms with Crippen molar-refractivity contribution in [3.05, 3.63) is 46.5 Å². The van der Waals surface area contributed by atoms with Gasteiger partial charge >= 0.3 is 0 Å². The largest absolute Gasteiger partial charge is 0.344 e. The van der Waals surface area contributed by atoms with E-state index >= 15 is 0 Å². The normalized spacial score (nSPS) is 12.2. The Bertz CT molecular complexity index is 574. The third-order valence-electron chi connectivity index (χ3n) is 2.64. The first-order valence-corrected chi connectivity index (χ1v) is 6.48. The van der Waals surface area contributed by atoms with E-state index in [1.165, 1.54) is 5.38 Å². The van der Waals surface area contributed by atoms with E-state index in [1.54, 1.807) is 6.92 Å². The molecule has 1 atom stereocenters. The second kappa shape index (κ2) is 5.83. The summed E-state index contributed by atoms with van der Waals surface area (Å²) in [6.07, 6.45) is 0.434. The van der Waals surface area contributed by atoms with Gasteiger partial charge in [0.05, 0.1) is 6.04 Å². The van der Waals surface area contributed by atoms with Crippen molar-refractivity contribution in [1.82, 2.24) is 14.9 Å². The van der Waals surface area contributed by atoms with Gasteiger partial charge in [0.1, 0.15) is 11.6 Å². The number of aromatic nitrogens is 2. The van der Waals surface area contributed by atoms with Gasteiger partial charge in [0, 0.05) is 10.9 Å². The zero-order chi connectivity index (χ0) is 13.8. The van der Waals surface area contributed by atoms with Crippen molar-refractivity contribution >= 4 is 17.4 Å². The third kappa shape index (κ3) is 3.11. The lowest BCUT2D eigenvalue weighted by Gasteiger charge is -2.17. The predicted octanol–water partition coefficient (Wildman–Crippen LogP) is 2.70. The maximum atomic E-state index is 13.7. The molecule has 0 fully saturated rings. The zero-order valence-corrected chi connectivity index (χ0v) is 10.9. The maximum absolute atomic E-state index is 13.7. The molecule has 0 saturated carbocycles. The maximum Gasteiger partial charge on any atom is 0.273 e. The van der Waals surface area contributed by atoms with E-state index in [1.807, 2.05) is 0 Å². The minimum absolute atomic E-state index is 0.124. The number of hydrogen-bond donors (Lipinski definition) is 1. The number of nitrogens with one attached hydrogen (secondary N) is 1. The molecule has 1 aromatic carbocycles. The summed E-state index contributed by atoms with van der Waals surface area (Å²) in [5.41, 5.74) is 0.291. The minimum Gasteiger partial charge on any atom is -0.344 e. The molecule has 0 aliphatic heterocycles. The Kier molecular flexibility index (Phi) is 4.16. The van der Waals surface area contributed by atoms with Crippen molar-refractivity contribution in [3.8, 4) is 0 Å². The molecule has 0 aliphatic carbocycles. The fraction of sp³-hybridized carbons (Fsp3) is 0.250. The van der Waals surface area contributed by atoms with Crippen LogP contribution in [0.3, 0.4) is 0 Å². The second-order valence-corrected chi connectivity index (χ2v) is 4.50. The van der Waals surface area contributed by atoms with Crippen molar-refractivity contribution in [2.24, 2.45) is 0 Å². The molecule has 2 rings (SSSR count). The Morgan fingerprint density at radius 1 is 1.47 bits per heavy atom. The predicted molar refractivity (Wildman–Crippen MR) is 66.8 cm³/mol. The summed E-state index contributed by atoms with van der Waals surface area (Å²) in [5, 5.41) is 7.73. The Morgan fingerprint density at radius 3 is 2.89 bits per heavy atom. The van der Waals surface area contributed by atoms with Crippen LogP contribution in [-0.2, 0) is 0 Å². The molecule has 0 bridgehead atoms. The van der Waals surface area contributed by atoms with Gasteiger partial charge in [-0.25, -0.2) is 8.78 Å². The van der Waals surface area contributed by atoms with Gasteiger partial charge in [0.15, 0.2) is 5.69 Å². The summed E-state index contributed by atoms with van der Waals surface area (Å²) in [5.74, 6) is -1.55. The fourth-order valence-corrected chi connectivity index (χ4v) is 2.11. The Labute approximate surface area is 112 Å². The zero-order valence-electron chi connectivity index (χ0n) is 10.1. The van der Waals surface area contributed by atoms with E-state index in [-0.39, 0.29) is 11.3 Å². The molecule has 1 aromatic heterocycles. The van der Waals surface area contributed by atoms with Crippen LogP contribution in [0.25, 0.3) is 0 Å². The molecule has 1 unspecified atom stereocenters. The first kappa shape index (κ1) is 13.5. The van der Waals surface area contributed by atoms with Crippen molar-refractivity contribution in [2.75, 3.05) is 0 Å². The van der Waals surface area contributed by atoms with E-state index in [0.29, 0.717) is 6.42 Å². The van der Waals surface area contributed by atoms with Gasteiger partial charge in [-0.05, 0) is 36.2 Å². The lowest BCUT2D eigenvalue weighted by atomic mass is 10.0. The first-order valence-electron chi connectivity index (χ1n) is 5.64. The minimum atomic E-state index is -0.607. The summed E-state index contributed by atoms with van der Waals surface area (Å²) in [6, 6.07) is 2.56. The Hall–Kier alpha value is -1.89. The van der Waals surface area contributed by atoms with Gasteiger partial charge in [-0.1, -0.05) is 11.4 Å². The molecule has 0 aliphatic rings. The highest BCUT2D eigenvalue weighted by atomic mass is 32.1. The van der Waals surface area contributed by atoms with Crippen LogP contribution in [0.4, 0.5) is 8.78 Å². The summed E-state index contributed by atoms with van der Waals surface area (Å²) in [6.45, 7) is 1.77. The molecule has 1 amide bonds. The molecule has 100 valence electrons. The molecule has 4 nitrogen and oxygen atoms in total. The molecular formula is C12H11F2N3OS. The van der Waals surface area contributed by atoms with Crippen LogP contribution in [0.1, 0.15) is 35.4 Å². The third-order valence-corrected chi connectivity index (χ3v) is 3.14. The van der Waals surface area contributed by atoms with Crippen LogP contribution in [0.15, 0.2) is 23.6 Å². The number of halogens is 2. The van der Waals surface area contributed by atoms with Crippen LogP contribution in [0.5, 0.6) is 0 Å². The van der Waals surface area contributed by atoms with Crippen LogP contribution in [-0.4, -0.2) is 15.5 Å². The number of benzene rings is 1. The van der Waals surface area contributed by atoms with Gasteiger partial charge < -0.3 is 5.32 Å². The molecule has 2 aromatic rings. The van der Waals surface area contributed by atoms with Crippen molar-refractivity contribution in [1.29, 1.82) is 0 Å². The van der Waals surface area contributed by atoms with E-state index in [9.17, 15) is 13.6 Å². The molecule has 1 heterocycles. The van der Waals surface area contributed by atoms with Gasteiger partial charge in [0.2, 0.25) is 0 Å². The quantitative estimate of drug-likeness (QED) is 0.938. The molecule has 7 heteroatoms. The summed E-state index contributed by atoms with van der Waals surface area (Å²) < 4.78 is 30.4. The highest BCUT2D eigenvalue weighted by Gasteiger charge is 2.19. The number of nitrogens with zero attached hydrogens (tertiary/aromatic N) is 2. The average Bonchev–Trinajstić information content (AvgIpc) is 2.93. The van der Waals surface area contributed by atoms with Gasteiger partial charge in [-0.3, -0.25) is 4.79 Å². The number of carbonyl (C=O) groups excluding carboxylic acids is 1. The number of amides is 1. The molecule has 0 saturated heterocycles. The van der Waals surface area contributed by atoms with Gasteiger partial charge in [-0.2, -0.15) is 0 Å². The molecule has 0 spiro atoms. The number of rotatable bonds is 4. The highest BCUT2D eigenvalue weighted by molar-refractivity contribution is 7.03. The Balaban J connectivity index is 2.20. The monoisotopic (exact) mass is 283 g/mol. The van der Waals surface area contributed by atoms with E-state index < -0.39 is 23.6 Å². The van der Waals surface area contributed by atoms with Gasteiger partial charge in [0.25, 0.3) is 5.91 Å². The van der Waals surface area contributed by atoms with Crippen molar-refractivity contribution in [3.63, 3.8) is 0 Å². The molecule has 1 N–H and O–H groups in total. The number of hydrogen-bond acceptors (Lipinski definition) is 4. The van der Waals surface area contributed by atoms with E-state index in [2.05, 4.69) is 14.9 Å². The summed E-state index contributed by atoms with van der Waals surface area (Å²) in [4.78, 5) is 11.8. The van der Waals surface area contributed by atoms with Crippen molar-refractivity contribution in [2.45, 2.75) is 19.4 Å².